The number of methoxy groups -OCH3 is 1. The molecule has 0 saturated heterocycles. The topological polar surface area (TPSA) is 55.4 Å². The normalized spacial score (nSPS) is 12.0. The molecule has 2 aromatic carbocycles. The van der Waals surface area contributed by atoms with Gasteiger partial charge in [0.05, 0.1) is 17.7 Å². The van der Waals surface area contributed by atoms with Crippen LogP contribution in [0.1, 0.15) is 26.3 Å². The number of benzene rings is 2. The van der Waals surface area contributed by atoms with Crippen molar-refractivity contribution < 1.29 is 13.2 Å². The van der Waals surface area contributed by atoms with Crippen LogP contribution in [-0.2, 0) is 15.4 Å². The van der Waals surface area contributed by atoms with E-state index in [1.807, 2.05) is 12.1 Å². The van der Waals surface area contributed by atoms with Gasteiger partial charge in [0.25, 0.3) is 10.0 Å². The molecule has 0 aromatic heterocycles. The van der Waals surface area contributed by atoms with E-state index in [1.165, 1.54) is 7.11 Å². The van der Waals surface area contributed by atoms with Gasteiger partial charge in [-0.15, -0.1) is 0 Å². The summed E-state index contributed by atoms with van der Waals surface area (Å²) in [4.78, 5) is 0.228. The number of hydrogen-bond donors (Lipinski definition) is 1. The molecule has 22 heavy (non-hydrogen) atoms. The van der Waals surface area contributed by atoms with Crippen molar-refractivity contribution in [2.45, 2.75) is 31.1 Å². The van der Waals surface area contributed by atoms with E-state index in [4.69, 9.17) is 4.74 Å². The molecule has 0 unspecified atom stereocenters. The monoisotopic (exact) mass is 319 g/mol. The number of rotatable bonds is 4. The largest absolute Gasteiger partial charge is 0.495 e. The predicted molar refractivity (Wildman–Crippen MR) is 88.9 cm³/mol. The van der Waals surface area contributed by atoms with Gasteiger partial charge < -0.3 is 4.74 Å². The summed E-state index contributed by atoms with van der Waals surface area (Å²) < 4.78 is 32.7. The van der Waals surface area contributed by atoms with E-state index in [0.29, 0.717) is 11.4 Å². The van der Waals surface area contributed by atoms with Gasteiger partial charge in [0.2, 0.25) is 0 Å². The van der Waals surface area contributed by atoms with Gasteiger partial charge in [-0.3, -0.25) is 4.72 Å². The van der Waals surface area contributed by atoms with Crippen molar-refractivity contribution >= 4 is 15.7 Å². The number of anilines is 1. The third-order valence-electron chi connectivity index (χ3n) is 3.38. The van der Waals surface area contributed by atoms with Crippen LogP contribution in [0, 0.1) is 0 Å². The highest BCUT2D eigenvalue weighted by Crippen LogP contribution is 2.27. The van der Waals surface area contributed by atoms with Crippen molar-refractivity contribution in [1.82, 2.24) is 0 Å². The zero-order chi connectivity index (χ0) is 16.4. The number of sulfonamides is 1. The molecular weight excluding hydrogens is 298 g/mol. The summed E-state index contributed by atoms with van der Waals surface area (Å²) in [6.45, 7) is 6.26. The maximum absolute atomic E-state index is 12.5. The van der Waals surface area contributed by atoms with Gasteiger partial charge in [0, 0.05) is 0 Å². The van der Waals surface area contributed by atoms with Crippen LogP contribution >= 0.6 is 0 Å². The van der Waals surface area contributed by atoms with E-state index in [-0.39, 0.29) is 10.3 Å². The third-order valence-corrected chi connectivity index (χ3v) is 4.76. The average molecular weight is 319 g/mol. The molecule has 2 aromatic rings. The van der Waals surface area contributed by atoms with Crippen LogP contribution in [0.4, 0.5) is 5.69 Å². The van der Waals surface area contributed by atoms with Gasteiger partial charge in [0.15, 0.2) is 0 Å². The minimum absolute atomic E-state index is 0.0155. The van der Waals surface area contributed by atoms with E-state index < -0.39 is 10.0 Å². The number of ether oxygens (including phenoxy) is 1. The summed E-state index contributed by atoms with van der Waals surface area (Å²) in [6, 6.07) is 13.8. The zero-order valence-electron chi connectivity index (χ0n) is 13.3. The summed E-state index contributed by atoms with van der Waals surface area (Å²) in [5.41, 5.74) is 1.49. The van der Waals surface area contributed by atoms with Crippen molar-refractivity contribution in [3.8, 4) is 5.75 Å². The lowest BCUT2D eigenvalue weighted by atomic mass is 9.87. The molecule has 0 amide bonds. The molecular formula is C17H21NO3S. The van der Waals surface area contributed by atoms with Gasteiger partial charge in [0.1, 0.15) is 5.75 Å². The van der Waals surface area contributed by atoms with Crippen LogP contribution in [0.15, 0.2) is 53.4 Å². The highest BCUT2D eigenvalue weighted by molar-refractivity contribution is 7.92. The fraction of sp³-hybridized carbons (Fsp3) is 0.294. The van der Waals surface area contributed by atoms with Crippen LogP contribution < -0.4 is 9.46 Å². The van der Waals surface area contributed by atoms with E-state index >= 15 is 0 Å². The van der Waals surface area contributed by atoms with Crippen molar-refractivity contribution in [3.05, 3.63) is 54.1 Å². The summed E-state index contributed by atoms with van der Waals surface area (Å²) in [5, 5.41) is 0. The van der Waals surface area contributed by atoms with E-state index in [0.717, 1.165) is 5.56 Å². The predicted octanol–water partition coefficient (Wildman–Crippen LogP) is 3.79. The van der Waals surface area contributed by atoms with Crippen LogP contribution in [0.2, 0.25) is 0 Å². The first-order chi connectivity index (χ1) is 10.2. The first kappa shape index (κ1) is 16.4. The maximum Gasteiger partial charge on any atom is 0.262 e. The lowest BCUT2D eigenvalue weighted by molar-refractivity contribution is 0.417. The summed E-state index contributed by atoms with van der Waals surface area (Å²) in [7, 11) is -2.13. The Balaban J connectivity index is 2.31. The van der Waals surface area contributed by atoms with E-state index in [1.54, 1.807) is 36.4 Å². The number of para-hydroxylation sites is 2. The molecule has 118 valence electrons. The first-order valence-corrected chi connectivity index (χ1v) is 8.49. The van der Waals surface area contributed by atoms with Gasteiger partial charge in [-0.05, 0) is 35.2 Å². The minimum Gasteiger partial charge on any atom is -0.495 e. The molecule has 0 saturated carbocycles. The molecule has 1 N–H and O–H groups in total. The fourth-order valence-corrected chi connectivity index (χ4v) is 3.14. The molecule has 0 aliphatic carbocycles. The molecule has 0 radical (unpaired) electrons. The first-order valence-electron chi connectivity index (χ1n) is 7.00. The maximum atomic E-state index is 12.5. The van der Waals surface area contributed by atoms with Gasteiger partial charge in [-0.1, -0.05) is 45.0 Å². The van der Waals surface area contributed by atoms with Crippen LogP contribution in [0.3, 0.4) is 0 Å². The summed E-state index contributed by atoms with van der Waals surface area (Å²) in [5.74, 6) is 0.484. The Morgan fingerprint density at radius 3 is 2.09 bits per heavy atom. The summed E-state index contributed by atoms with van der Waals surface area (Å²) in [6.07, 6.45) is 0. The minimum atomic E-state index is -3.64. The van der Waals surface area contributed by atoms with Gasteiger partial charge >= 0.3 is 0 Å². The second-order valence-corrected chi connectivity index (χ2v) is 7.76. The van der Waals surface area contributed by atoms with E-state index in [2.05, 4.69) is 25.5 Å². The highest BCUT2D eigenvalue weighted by Gasteiger charge is 2.18. The Labute approximate surface area is 132 Å². The molecule has 5 heteroatoms. The van der Waals surface area contributed by atoms with Crippen molar-refractivity contribution in [2.24, 2.45) is 0 Å². The van der Waals surface area contributed by atoms with Crippen LogP contribution in [0.25, 0.3) is 0 Å². The van der Waals surface area contributed by atoms with Crippen molar-refractivity contribution in [1.29, 1.82) is 0 Å². The SMILES string of the molecule is COc1ccccc1NS(=O)(=O)c1ccc(C(C)(C)C)cc1. The smallest absolute Gasteiger partial charge is 0.262 e. The Bertz CT molecular complexity index is 744. The molecule has 4 nitrogen and oxygen atoms in total. The van der Waals surface area contributed by atoms with Crippen molar-refractivity contribution in [3.63, 3.8) is 0 Å². The fourth-order valence-electron chi connectivity index (χ4n) is 2.07. The standard InChI is InChI=1S/C17H21NO3S/c1-17(2,3)13-9-11-14(12-10-13)22(19,20)18-15-7-5-6-8-16(15)21-4/h5-12,18H,1-4H3. The Kier molecular flexibility index (Phi) is 4.47. The van der Waals surface area contributed by atoms with Crippen LogP contribution in [-0.4, -0.2) is 15.5 Å². The molecule has 0 spiro atoms. The third kappa shape index (κ3) is 3.60. The van der Waals surface area contributed by atoms with Gasteiger partial charge in [-0.25, -0.2) is 8.42 Å². The molecule has 0 bridgehead atoms. The molecule has 0 fully saturated rings. The van der Waals surface area contributed by atoms with Crippen LogP contribution in [0.5, 0.6) is 5.75 Å². The molecule has 0 aliphatic heterocycles. The Hall–Kier alpha value is -2.01. The lowest BCUT2D eigenvalue weighted by Gasteiger charge is -2.19. The van der Waals surface area contributed by atoms with Crippen molar-refractivity contribution in [2.75, 3.05) is 11.8 Å². The quantitative estimate of drug-likeness (QED) is 0.932. The average Bonchev–Trinajstić information content (AvgIpc) is 2.47. The second-order valence-electron chi connectivity index (χ2n) is 6.08. The number of hydrogen-bond acceptors (Lipinski definition) is 3. The molecule has 0 atom stereocenters. The Morgan fingerprint density at radius 1 is 0.955 bits per heavy atom. The molecule has 0 aliphatic rings. The van der Waals surface area contributed by atoms with E-state index in [9.17, 15) is 8.42 Å². The molecule has 2 rings (SSSR count). The lowest BCUT2D eigenvalue weighted by Crippen LogP contribution is -2.15. The Morgan fingerprint density at radius 2 is 1.55 bits per heavy atom. The second kappa shape index (κ2) is 6.01. The number of nitrogens with one attached hydrogen (secondary N) is 1. The van der Waals surface area contributed by atoms with Gasteiger partial charge in [-0.2, -0.15) is 0 Å². The zero-order valence-corrected chi connectivity index (χ0v) is 14.1. The highest BCUT2D eigenvalue weighted by atomic mass is 32.2. The summed E-state index contributed by atoms with van der Waals surface area (Å²) >= 11 is 0. The molecule has 0 heterocycles.